The van der Waals surface area contributed by atoms with Gasteiger partial charge in [0, 0.05) is 32.2 Å². The molecule has 1 aliphatic heterocycles. The van der Waals surface area contributed by atoms with Crippen LogP contribution in [0.15, 0.2) is 47.4 Å². The summed E-state index contributed by atoms with van der Waals surface area (Å²) in [6, 6.07) is 8.60. The molecule has 2 aromatic rings. The first-order valence-corrected chi connectivity index (χ1v) is 9.72. The van der Waals surface area contributed by atoms with E-state index >= 15 is 0 Å². The number of phenolic OH excluding ortho intramolecular Hbond substituents is 1. The molecule has 2 aromatic carbocycles. The first kappa shape index (κ1) is 19.2. The van der Waals surface area contributed by atoms with E-state index in [-0.39, 0.29) is 44.3 Å². The van der Waals surface area contributed by atoms with Crippen molar-refractivity contribution < 1.29 is 27.1 Å². The third-order valence-electron chi connectivity index (χ3n) is 4.39. The fraction of sp³-hybridized carbons (Fsp3) is 0.278. The van der Waals surface area contributed by atoms with E-state index < -0.39 is 26.6 Å². The van der Waals surface area contributed by atoms with Gasteiger partial charge in [-0.15, -0.1) is 0 Å². The Kier molecular flexibility index (Phi) is 5.43. The number of benzene rings is 2. The SMILES string of the molecule is O=C(Cc1ccc(O)cc1)N1CCN(S(=O)(=O)c2ccc(F)cc2F)CC1. The number of sulfonamides is 1. The van der Waals surface area contributed by atoms with Gasteiger partial charge in [-0.05, 0) is 29.8 Å². The van der Waals surface area contributed by atoms with Gasteiger partial charge in [0.25, 0.3) is 0 Å². The zero-order valence-corrected chi connectivity index (χ0v) is 15.1. The van der Waals surface area contributed by atoms with Gasteiger partial charge in [0.2, 0.25) is 15.9 Å². The molecule has 3 rings (SSSR count). The molecule has 0 aliphatic carbocycles. The van der Waals surface area contributed by atoms with E-state index in [2.05, 4.69) is 0 Å². The zero-order chi connectivity index (χ0) is 19.6. The lowest BCUT2D eigenvalue weighted by Crippen LogP contribution is -2.51. The van der Waals surface area contributed by atoms with E-state index in [0.29, 0.717) is 6.07 Å². The van der Waals surface area contributed by atoms with Crippen molar-refractivity contribution in [2.75, 3.05) is 26.2 Å². The van der Waals surface area contributed by atoms with Gasteiger partial charge in [-0.1, -0.05) is 12.1 Å². The largest absolute Gasteiger partial charge is 0.508 e. The molecule has 9 heteroatoms. The Morgan fingerprint density at radius 1 is 1.00 bits per heavy atom. The molecular weight excluding hydrogens is 378 g/mol. The Hall–Kier alpha value is -2.52. The van der Waals surface area contributed by atoms with Gasteiger partial charge in [-0.3, -0.25) is 4.79 Å². The summed E-state index contributed by atoms with van der Waals surface area (Å²) in [5.41, 5.74) is 0.737. The molecule has 0 unspecified atom stereocenters. The standard InChI is InChI=1S/C18H18F2N2O4S/c19-14-3-6-17(16(20)12-14)27(25,26)22-9-7-21(8-10-22)18(24)11-13-1-4-15(23)5-2-13/h1-6,12,23H,7-11H2. The molecule has 1 heterocycles. The van der Waals surface area contributed by atoms with Crippen LogP contribution in [0.25, 0.3) is 0 Å². The zero-order valence-electron chi connectivity index (χ0n) is 14.3. The van der Waals surface area contributed by atoms with Crippen molar-refractivity contribution in [2.45, 2.75) is 11.3 Å². The molecule has 1 saturated heterocycles. The predicted molar refractivity (Wildman–Crippen MR) is 93.5 cm³/mol. The van der Waals surface area contributed by atoms with Crippen molar-refractivity contribution in [3.63, 3.8) is 0 Å². The van der Waals surface area contributed by atoms with Crippen LogP contribution < -0.4 is 0 Å². The summed E-state index contributed by atoms with van der Waals surface area (Å²) >= 11 is 0. The fourth-order valence-corrected chi connectivity index (χ4v) is 4.37. The van der Waals surface area contributed by atoms with Gasteiger partial charge in [-0.25, -0.2) is 17.2 Å². The van der Waals surface area contributed by atoms with Crippen LogP contribution in [0.5, 0.6) is 5.75 Å². The number of carbonyl (C=O) groups excluding carboxylic acids is 1. The Balaban J connectivity index is 1.64. The van der Waals surface area contributed by atoms with Gasteiger partial charge in [-0.2, -0.15) is 4.31 Å². The summed E-state index contributed by atoms with van der Waals surface area (Å²) in [5.74, 6) is -2.04. The molecule has 0 aromatic heterocycles. The molecule has 0 saturated carbocycles. The molecule has 0 bridgehead atoms. The smallest absolute Gasteiger partial charge is 0.246 e. The van der Waals surface area contributed by atoms with E-state index in [4.69, 9.17) is 0 Å². The molecular formula is C18H18F2N2O4S. The fourth-order valence-electron chi connectivity index (χ4n) is 2.90. The maximum atomic E-state index is 13.8. The average molecular weight is 396 g/mol. The van der Waals surface area contributed by atoms with Crippen molar-refractivity contribution in [1.29, 1.82) is 0 Å². The molecule has 144 valence electrons. The number of amides is 1. The maximum Gasteiger partial charge on any atom is 0.246 e. The van der Waals surface area contributed by atoms with E-state index in [1.165, 1.54) is 12.1 Å². The molecule has 1 aliphatic rings. The lowest BCUT2D eigenvalue weighted by Gasteiger charge is -2.34. The summed E-state index contributed by atoms with van der Waals surface area (Å²) in [4.78, 5) is 13.3. The summed E-state index contributed by atoms with van der Waals surface area (Å²) < 4.78 is 53.1. The highest BCUT2D eigenvalue weighted by atomic mass is 32.2. The molecule has 0 radical (unpaired) electrons. The van der Waals surface area contributed by atoms with Gasteiger partial charge >= 0.3 is 0 Å². The molecule has 6 nitrogen and oxygen atoms in total. The number of phenols is 1. The van der Waals surface area contributed by atoms with Gasteiger partial charge < -0.3 is 10.0 Å². The highest BCUT2D eigenvalue weighted by Crippen LogP contribution is 2.21. The number of piperazine rings is 1. The first-order chi connectivity index (χ1) is 12.8. The van der Waals surface area contributed by atoms with Crippen LogP contribution in [0.2, 0.25) is 0 Å². The van der Waals surface area contributed by atoms with E-state index in [0.717, 1.165) is 22.0 Å². The Morgan fingerprint density at radius 2 is 1.63 bits per heavy atom. The van der Waals surface area contributed by atoms with Crippen LogP contribution in [0.4, 0.5) is 8.78 Å². The van der Waals surface area contributed by atoms with Gasteiger partial charge in [0.05, 0.1) is 6.42 Å². The highest BCUT2D eigenvalue weighted by molar-refractivity contribution is 7.89. The number of hydrogen-bond acceptors (Lipinski definition) is 4. The molecule has 0 atom stereocenters. The highest BCUT2D eigenvalue weighted by Gasteiger charge is 2.32. The number of aromatic hydroxyl groups is 1. The summed E-state index contributed by atoms with van der Waals surface area (Å²) in [7, 11) is -4.10. The second kappa shape index (κ2) is 7.61. The monoisotopic (exact) mass is 396 g/mol. The minimum Gasteiger partial charge on any atom is -0.508 e. The molecule has 1 N–H and O–H groups in total. The number of nitrogens with zero attached hydrogens (tertiary/aromatic N) is 2. The molecule has 0 spiro atoms. The lowest BCUT2D eigenvalue weighted by molar-refractivity contribution is -0.131. The maximum absolute atomic E-state index is 13.8. The topological polar surface area (TPSA) is 77.9 Å². The van der Waals surface area contributed by atoms with Crippen molar-refractivity contribution in [2.24, 2.45) is 0 Å². The van der Waals surface area contributed by atoms with E-state index in [1.54, 1.807) is 17.0 Å². The minimum atomic E-state index is -4.10. The van der Waals surface area contributed by atoms with Gasteiger partial charge in [0.1, 0.15) is 22.3 Å². The third-order valence-corrected chi connectivity index (χ3v) is 6.33. The van der Waals surface area contributed by atoms with E-state index in [1.807, 2.05) is 0 Å². The van der Waals surface area contributed by atoms with Crippen LogP contribution in [0, 0.1) is 11.6 Å². The summed E-state index contributed by atoms with van der Waals surface area (Å²) in [5, 5.41) is 9.27. The number of hydrogen-bond donors (Lipinski definition) is 1. The number of carbonyl (C=O) groups is 1. The van der Waals surface area contributed by atoms with Crippen molar-refractivity contribution in [3.8, 4) is 5.75 Å². The van der Waals surface area contributed by atoms with Crippen LogP contribution in [0.1, 0.15) is 5.56 Å². The van der Waals surface area contributed by atoms with Crippen molar-refractivity contribution in [1.82, 2.24) is 9.21 Å². The molecule has 1 amide bonds. The third kappa shape index (κ3) is 4.25. The molecule has 27 heavy (non-hydrogen) atoms. The van der Waals surface area contributed by atoms with Crippen molar-refractivity contribution in [3.05, 3.63) is 59.7 Å². The second-order valence-corrected chi connectivity index (χ2v) is 8.11. The normalized spacial score (nSPS) is 15.7. The van der Waals surface area contributed by atoms with Crippen molar-refractivity contribution >= 4 is 15.9 Å². The van der Waals surface area contributed by atoms with Crippen LogP contribution in [-0.2, 0) is 21.2 Å². The van der Waals surface area contributed by atoms with Crippen LogP contribution in [-0.4, -0.2) is 54.8 Å². The number of halogens is 2. The quantitative estimate of drug-likeness (QED) is 0.854. The van der Waals surface area contributed by atoms with E-state index in [9.17, 15) is 27.1 Å². The minimum absolute atomic E-state index is 0.0282. The first-order valence-electron chi connectivity index (χ1n) is 8.28. The summed E-state index contributed by atoms with van der Waals surface area (Å²) in [6.45, 7) is 0.416. The average Bonchev–Trinajstić information content (AvgIpc) is 2.63. The van der Waals surface area contributed by atoms with Gasteiger partial charge in [0.15, 0.2) is 0 Å². The summed E-state index contributed by atoms with van der Waals surface area (Å²) in [6.07, 6.45) is 0.139. The van der Waals surface area contributed by atoms with Crippen LogP contribution in [0.3, 0.4) is 0 Å². The number of rotatable bonds is 4. The molecule has 1 fully saturated rings. The predicted octanol–water partition coefficient (Wildman–Crippen LogP) is 1.75. The Bertz CT molecular complexity index is 940. The van der Waals surface area contributed by atoms with Crippen LogP contribution >= 0.6 is 0 Å². The second-order valence-electron chi connectivity index (χ2n) is 6.20. The Morgan fingerprint density at radius 3 is 2.22 bits per heavy atom. The lowest BCUT2D eigenvalue weighted by atomic mass is 10.1. The Labute approximate surface area is 155 Å².